The SMILES string of the molecule is CC1(C)CCC(CCc2ccc(-c3cccc(C(=O)CCCc4ccccc4)c3)cc2)CC1. The molecule has 0 spiro atoms. The zero-order valence-electron chi connectivity index (χ0n) is 20.4. The predicted octanol–water partition coefficient (Wildman–Crippen LogP) is 8.71. The first-order valence-electron chi connectivity index (χ1n) is 12.8. The summed E-state index contributed by atoms with van der Waals surface area (Å²) in [5, 5.41) is 0. The molecule has 0 unspecified atom stereocenters. The van der Waals surface area contributed by atoms with Crippen LogP contribution in [0.3, 0.4) is 0 Å². The molecule has 4 rings (SSSR count). The Morgan fingerprint density at radius 1 is 0.788 bits per heavy atom. The molecule has 172 valence electrons. The van der Waals surface area contributed by atoms with Gasteiger partial charge < -0.3 is 0 Å². The van der Waals surface area contributed by atoms with E-state index in [1.807, 2.05) is 18.2 Å². The highest BCUT2D eigenvalue weighted by Gasteiger charge is 2.26. The number of aryl methyl sites for hydroxylation is 2. The van der Waals surface area contributed by atoms with Crippen LogP contribution >= 0.6 is 0 Å². The fraction of sp³-hybridized carbons (Fsp3) is 0.406. The van der Waals surface area contributed by atoms with E-state index in [0.29, 0.717) is 11.8 Å². The van der Waals surface area contributed by atoms with Crippen LogP contribution in [0.1, 0.15) is 80.3 Å². The monoisotopic (exact) mass is 438 g/mol. The van der Waals surface area contributed by atoms with E-state index >= 15 is 0 Å². The maximum Gasteiger partial charge on any atom is 0.162 e. The molecule has 3 aromatic carbocycles. The Balaban J connectivity index is 1.30. The van der Waals surface area contributed by atoms with Crippen LogP contribution in [-0.4, -0.2) is 5.78 Å². The molecule has 0 aliphatic heterocycles. The predicted molar refractivity (Wildman–Crippen MR) is 140 cm³/mol. The van der Waals surface area contributed by atoms with E-state index in [9.17, 15) is 4.79 Å². The Labute approximate surface area is 200 Å². The van der Waals surface area contributed by atoms with Gasteiger partial charge in [0.1, 0.15) is 0 Å². The number of hydrogen-bond donors (Lipinski definition) is 0. The Kier molecular flexibility index (Phi) is 7.81. The lowest BCUT2D eigenvalue weighted by Crippen LogP contribution is -2.21. The number of rotatable bonds is 9. The van der Waals surface area contributed by atoms with Gasteiger partial charge in [0.05, 0.1) is 0 Å². The smallest absolute Gasteiger partial charge is 0.162 e. The molecule has 1 aliphatic rings. The van der Waals surface area contributed by atoms with Crippen molar-refractivity contribution in [3.63, 3.8) is 0 Å². The lowest BCUT2D eigenvalue weighted by Gasteiger charge is -2.34. The van der Waals surface area contributed by atoms with E-state index in [1.54, 1.807) is 0 Å². The third kappa shape index (κ3) is 6.90. The minimum atomic E-state index is 0.236. The van der Waals surface area contributed by atoms with Gasteiger partial charge in [-0.1, -0.05) is 86.6 Å². The molecule has 0 radical (unpaired) electrons. The van der Waals surface area contributed by atoms with Crippen molar-refractivity contribution in [2.45, 2.75) is 71.6 Å². The van der Waals surface area contributed by atoms with Crippen LogP contribution in [0, 0.1) is 11.3 Å². The molecule has 1 fully saturated rings. The fourth-order valence-corrected chi connectivity index (χ4v) is 5.10. The molecule has 1 saturated carbocycles. The fourth-order valence-electron chi connectivity index (χ4n) is 5.10. The first kappa shape index (κ1) is 23.5. The topological polar surface area (TPSA) is 17.1 Å². The van der Waals surface area contributed by atoms with Gasteiger partial charge in [-0.05, 0) is 91.0 Å². The summed E-state index contributed by atoms with van der Waals surface area (Å²) >= 11 is 0. The zero-order chi connectivity index (χ0) is 23.1. The van der Waals surface area contributed by atoms with Crippen LogP contribution in [0.25, 0.3) is 11.1 Å². The van der Waals surface area contributed by atoms with E-state index in [-0.39, 0.29) is 5.78 Å². The summed E-state index contributed by atoms with van der Waals surface area (Å²) in [5.74, 6) is 1.13. The third-order valence-electron chi connectivity index (χ3n) is 7.48. The molecule has 0 amide bonds. The molecular formula is C32H38O. The Hall–Kier alpha value is -2.67. The lowest BCUT2D eigenvalue weighted by molar-refractivity contribution is 0.0980. The van der Waals surface area contributed by atoms with Gasteiger partial charge in [-0.15, -0.1) is 0 Å². The van der Waals surface area contributed by atoms with Crippen molar-refractivity contribution in [3.05, 3.63) is 95.6 Å². The highest BCUT2D eigenvalue weighted by atomic mass is 16.1. The zero-order valence-corrected chi connectivity index (χ0v) is 20.4. The molecule has 1 aliphatic carbocycles. The second-order valence-electron chi connectivity index (χ2n) is 10.7. The van der Waals surface area contributed by atoms with Gasteiger partial charge in [0, 0.05) is 12.0 Å². The van der Waals surface area contributed by atoms with Gasteiger partial charge in [-0.3, -0.25) is 4.79 Å². The van der Waals surface area contributed by atoms with Crippen LogP contribution in [0.15, 0.2) is 78.9 Å². The van der Waals surface area contributed by atoms with E-state index in [0.717, 1.165) is 29.9 Å². The summed E-state index contributed by atoms with van der Waals surface area (Å²) < 4.78 is 0. The first-order valence-corrected chi connectivity index (χ1v) is 12.8. The second-order valence-corrected chi connectivity index (χ2v) is 10.7. The van der Waals surface area contributed by atoms with E-state index < -0.39 is 0 Å². The Bertz CT molecular complexity index is 1020. The highest BCUT2D eigenvalue weighted by Crippen LogP contribution is 2.39. The molecule has 33 heavy (non-hydrogen) atoms. The van der Waals surface area contributed by atoms with Gasteiger partial charge in [-0.25, -0.2) is 0 Å². The summed E-state index contributed by atoms with van der Waals surface area (Å²) in [6.45, 7) is 4.82. The Morgan fingerprint density at radius 2 is 1.48 bits per heavy atom. The quantitative estimate of drug-likeness (QED) is 0.305. The number of benzene rings is 3. The molecule has 0 N–H and O–H groups in total. The van der Waals surface area contributed by atoms with Crippen molar-refractivity contribution in [1.29, 1.82) is 0 Å². The van der Waals surface area contributed by atoms with Gasteiger partial charge in [0.2, 0.25) is 0 Å². The normalized spacial score (nSPS) is 15.9. The van der Waals surface area contributed by atoms with Crippen LogP contribution < -0.4 is 0 Å². The van der Waals surface area contributed by atoms with Gasteiger partial charge in [-0.2, -0.15) is 0 Å². The summed E-state index contributed by atoms with van der Waals surface area (Å²) in [6, 6.07) is 27.5. The average molecular weight is 439 g/mol. The minimum absolute atomic E-state index is 0.236. The maximum absolute atomic E-state index is 12.7. The first-order chi connectivity index (χ1) is 16.0. The van der Waals surface area contributed by atoms with Crippen molar-refractivity contribution >= 4 is 5.78 Å². The van der Waals surface area contributed by atoms with Crippen molar-refractivity contribution in [3.8, 4) is 11.1 Å². The summed E-state index contributed by atoms with van der Waals surface area (Å²) in [6.07, 6.45) is 10.4. The van der Waals surface area contributed by atoms with Crippen LogP contribution in [0.4, 0.5) is 0 Å². The molecule has 0 bridgehead atoms. The van der Waals surface area contributed by atoms with Crippen molar-refractivity contribution in [1.82, 2.24) is 0 Å². The minimum Gasteiger partial charge on any atom is -0.294 e. The standard InChI is InChI=1S/C32H38O/c1-32(2)22-20-27(21-23-32)15-14-26-16-18-28(19-17-26)29-11-7-12-30(24-29)31(33)13-6-10-25-8-4-3-5-9-25/h3-5,7-9,11-12,16-19,24,27H,6,10,13-15,20-23H2,1-2H3. The number of Topliss-reactive ketones (excluding diaryl/α,β-unsaturated/α-hetero) is 1. The van der Waals surface area contributed by atoms with E-state index in [2.05, 4.69) is 74.5 Å². The summed E-state index contributed by atoms with van der Waals surface area (Å²) in [5.41, 5.74) is 6.42. The summed E-state index contributed by atoms with van der Waals surface area (Å²) in [7, 11) is 0. The van der Waals surface area contributed by atoms with Gasteiger partial charge >= 0.3 is 0 Å². The number of carbonyl (C=O) groups excluding carboxylic acids is 1. The van der Waals surface area contributed by atoms with Crippen LogP contribution in [0.5, 0.6) is 0 Å². The number of carbonyl (C=O) groups is 1. The number of hydrogen-bond acceptors (Lipinski definition) is 1. The Morgan fingerprint density at radius 3 is 2.21 bits per heavy atom. The second kappa shape index (κ2) is 11.0. The maximum atomic E-state index is 12.7. The van der Waals surface area contributed by atoms with Crippen LogP contribution in [0.2, 0.25) is 0 Å². The van der Waals surface area contributed by atoms with E-state index in [1.165, 1.54) is 55.2 Å². The molecule has 0 heterocycles. The average Bonchev–Trinajstić information content (AvgIpc) is 2.84. The van der Waals surface area contributed by atoms with Crippen LogP contribution in [-0.2, 0) is 12.8 Å². The van der Waals surface area contributed by atoms with Gasteiger partial charge in [0.15, 0.2) is 5.78 Å². The van der Waals surface area contributed by atoms with Crippen molar-refractivity contribution in [2.75, 3.05) is 0 Å². The van der Waals surface area contributed by atoms with Gasteiger partial charge in [0.25, 0.3) is 0 Å². The molecule has 0 aromatic heterocycles. The number of ketones is 1. The molecular weight excluding hydrogens is 400 g/mol. The molecule has 3 aromatic rings. The van der Waals surface area contributed by atoms with E-state index in [4.69, 9.17) is 0 Å². The largest absolute Gasteiger partial charge is 0.294 e. The molecule has 0 atom stereocenters. The van der Waals surface area contributed by atoms with Crippen molar-refractivity contribution < 1.29 is 4.79 Å². The highest BCUT2D eigenvalue weighted by molar-refractivity contribution is 5.97. The lowest BCUT2D eigenvalue weighted by atomic mass is 9.72. The summed E-state index contributed by atoms with van der Waals surface area (Å²) in [4.78, 5) is 12.7. The third-order valence-corrected chi connectivity index (χ3v) is 7.48. The molecule has 1 heteroatoms. The molecule has 1 nitrogen and oxygen atoms in total. The van der Waals surface area contributed by atoms with Crippen molar-refractivity contribution in [2.24, 2.45) is 11.3 Å². The molecule has 0 saturated heterocycles.